The van der Waals surface area contributed by atoms with Gasteiger partial charge in [0.05, 0.1) is 11.2 Å². The van der Waals surface area contributed by atoms with Crippen LogP contribution in [-0.2, 0) is 0 Å². The Hall–Kier alpha value is -3.49. The molecule has 3 aromatic rings. The molecule has 9 heteroatoms. The van der Waals surface area contributed by atoms with Crippen molar-refractivity contribution in [1.29, 1.82) is 0 Å². The SMILES string of the molecule is Nc1nc(C2CC(NC(=O)c3c[nH]c4c(F)cccc4c3=O)C2)cc(=O)[nH]1. The van der Waals surface area contributed by atoms with Crippen LogP contribution in [0.1, 0.15) is 34.8 Å². The number of anilines is 1. The number of fused-ring (bicyclic) bond motifs is 1. The number of nitrogens with two attached hydrogens (primary N) is 1. The minimum Gasteiger partial charge on any atom is -0.369 e. The van der Waals surface area contributed by atoms with Gasteiger partial charge in [0.2, 0.25) is 11.4 Å². The fourth-order valence-corrected chi connectivity index (χ4v) is 3.33. The van der Waals surface area contributed by atoms with Gasteiger partial charge in [-0.1, -0.05) is 6.07 Å². The molecule has 4 rings (SSSR count). The van der Waals surface area contributed by atoms with E-state index in [1.807, 2.05) is 0 Å². The first-order valence-electron chi connectivity index (χ1n) is 8.40. The number of carbonyl (C=O) groups is 1. The summed E-state index contributed by atoms with van der Waals surface area (Å²) in [7, 11) is 0. The summed E-state index contributed by atoms with van der Waals surface area (Å²) < 4.78 is 13.7. The van der Waals surface area contributed by atoms with E-state index in [-0.39, 0.29) is 39.9 Å². The van der Waals surface area contributed by atoms with E-state index in [0.29, 0.717) is 18.5 Å². The number of rotatable bonds is 3. The Morgan fingerprint density at radius 2 is 2.07 bits per heavy atom. The molecule has 138 valence electrons. The third-order valence-corrected chi connectivity index (χ3v) is 4.78. The average Bonchev–Trinajstić information content (AvgIpc) is 2.57. The molecule has 0 bridgehead atoms. The van der Waals surface area contributed by atoms with Crippen LogP contribution in [-0.4, -0.2) is 26.9 Å². The maximum absolute atomic E-state index is 13.7. The minimum absolute atomic E-state index is 0.0175. The van der Waals surface area contributed by atoms with Crippen LogP contribution in [0.4, 0.5) is 10.3 Å². The molecule has 0 unspecified atom stereocenters. The number of hydrogen-bond donors (Lipinski definition) is 4. The van der Waals surface area contributed by atoms with Crippen molar-refractivity contribution in [1.82, 2.24) is 20.3 Å². The number of aromatic amines is 2. The molecule has 1 aliphatic rings. The highest BCUT2D eigenvalue weighted by Gasteiger charge is 2.33. The average molecular weight is 369 g/mol. The quantitative estimate of drug-likeness (QED) is 0.547. The third kappa shape index (κ3) is 3.07. The van der Waals surface area contributed by atoms with Crippen LogP contribution in [0.25, 0.3) is 10.9 Å². The van der Waals surface area contributed by atoms with Crippen LogP contribution in [0.5, 0.6) is 0 Å². The van der Waals surface area contributed by atoms with Crippen LogP contribution in [0, 0.1) is 5.82 Å². The molecule has 1 amide bonds. The van der Waals surface area contributed by atoms with Crippen molar-refractivity contribution < 1.29 is 9.18 Å². The summed E-state index contributed by atoms with van der Waals surface area (Å²) in [6.45, 7) is 0. The van der Waals surface area contributed by atoms with E-state index < -0.39 is 17.2 Å². The highest BCUT2D eigenvalue weighted by molar-refractivity contribution is 5.97. The van der Waals surface area contributed by atoms with Crippen molar-refractivity contribution >= 4 is 22.8 Å². The molecular weight excluding hydrogens is 353 g/mol. The molecule has 1 aliphatic carbocycles. The number of carbonyl (C=O) groups excluding carboxylic acids is 1. The van der Waals surface area contributed by atoms with E-state index in [9.17, 15) is 18.8 Å². The minimum atomic E-state index is -0.553. The second-order valence-electron chi connectivity index (χ2n) is 6.59. The largest absolute Gasteiger partial charge is 0.369 e. The number of H-pyrrole nitrogens is 2. The van der Waals surface area contributed by atoms with Crippen LogP contribution in [0.2, 0.25) is 0 Å². The monoisotopic (exact) mass is 369 g/mol. The number of pyridine rings is 1. The molecule has 2 aromatic heterocycles. The molecule has 1 aromatic carbocycles. The van der Waals surface area contributed by atoms with Gasteiger partial charge in [-0.25, -0.2) is 9.37 Å². The lowest BCUT2D eigenvalue weighted by Gasteiger charge is -2.35. The van der Waals surface area contributed by atoms with E-state index in [0.717, 1.165) is 0 Å². The first-order chi connectivity index (χ1) is 12.9. The molecule has 1 fully saturated rings. The predicted molar refractivity (Wildman–Crippen MR) is 97.0 cm³/mol. The van der Waals surface area contributed by atoms with Gasteiger partial charge in [0.25, 0.3) is 11.5 Å². The Kier molecular flexibility index (Phi) is 3.98. The van der Waals surface area contributed by atoms with Crippen LogP contribution >= 0.6 is 0 Å². The maximum atomic E-state index is 13.7. The number of para-hydroxylation sites is 1. The Morgan fingerprint density at radius 1 is 1.30 bits per heavy atom. The summed E-state index contributed by atoms with van der Waals surface area (Å²) in [5.41, 5.74) is 5.27. The smallest absolute Gasteiger partial charge is 0.256 e. The number of halogens is 1. The van der Waals surface area contributed by atoms with Gasteiger partial charge in [0, 0.05) is 29.6 Å². The fourth-order valence-electron chi connectivity index (χ4n) is 3.33. The normalized spacial score (nSPS) is 18.9. The maximum Gasteiger partial charge on any atom is 0.256 e. The molecule has 2 heterocycles. The van der Waals surface area contributed by atoms with Gasteiger partial charge in [0.1, 0.15) is 11.4 Å². The zero-order chi connectivity index (χ0) is 19.1. The van der Waals surface area contributed by atoms with Gasteiger partial charge in [-0.05, 0) is 25.0 Å². The highest BCUT2D eigenvalue weighted by atomic mass is 19.1. The Morgan fingerprint density at radius 3 is 2.81 bits per heavy atom. The molecule has 0 aliphatic heterocycles. The molecular formula is C18H16FN5O3. The standard InChI is InChI=1S/C18H16FN5O3/c19-12-3-1-2-10-15(12)21-7-11(16(10)26)17(27)22-9-4-8(5-9)13-6-14(25)24-18(20)23-13/h1-3,6-9H,4-5H2,(H,21,26)(H,22,27)(H3,20,23,24,25). The van der Waals surface area contributed by atoms with E-state index in [2.05, 4.69) is 20.3 Å². The van der Waals surface area contributed by atoms with Gasteiger partial charge in [-0.2, -0.15) is 0 Å². The molecule has 27 heavy (non-hydrogen) atoms. The van der Waals surface area contributed by atoms with E-state index in [1.54, 1.807) is 0 Å². The second kappa shape index (κ2) is 6.35. The first-order valence-corrected chi connectivity index (χ1v) is 8.40. The summed E-state index contributed by atoms with van der Waals surface area (Å²) in [6, 6.07) is 5.37. The summed E-state index contributed by atoms with van der Waals surface area (Å²) >= 11 is 0. The number of benzene rings is 1. The number of nitrogens with zero attached hydrogens (tertiary/aromatic N) is 1. The van der Waals surface area contributed by atoms with E-state index >= 15 is 0 Å². The Bertz CT molecular complexity index is 1160. The summed E-state index contributed by atoms with van der Waals surface area (Å²) in [5, 5.41) is 2.91. The first kappa shape index (κ1) is 17.0. The van der Waals surface area contributed by atoms with Gasteiger partial charge in [-0.15, -0.1) is 0 Å². The molecule has 5 N–H and O–H groups in total. The van der Waals surface area contributed by atoms with Crippen molar-refractivity contribution in [3.8, 4) is 0 Å². The highest BCUT2D eigenvalue weighted by Crippen LogP contribution is 2.35. The molecule has 0 radical (unpaired) electrons. The molecule has 0 saturated heterocycles. The van der Waals surface area contributed by atoms with Crippen molar-refractivity contribution in [2.24, 2.45) is 0 Å². The van der Waals surface area contributed by atoms with Crippen molar-refractivity contribution in [2.75, 3.05) is 5.73 Å². The third-order valence-electron chi connectivity index (χ3n) is 4.78. The number of nitrogen functional groups attached to an aromatic ring is 1. The lowest BCUT2D eigenvalue weighted by molar-refractivity contribution is 0.0907. The van der Waals surface area contributed by atoms with Crippen LogP contribution in [0.3, 0.4) is 0 Å². The molecule has 0 spiro atoms. The van der Waals surface area contributed by atoms with Gasteiger partial charge in [-0.3, -0.25) is 19.4 Å². The number of amides is 1. The zero-order valence-electron chi connectivity index (χ0n) is 14.1. The lowest BCUT2D eigenvalue weighted by Crippen LogP contribution is -2.45. The van der Waals surface area contributed by atoms with Gasteiger partial charge >= 0.3 is 0 Å². The molecule has 8 nitrogen and oxygen atoms in total. The molecule has 1 saturated carbocycles. The number of aromatic nitrogens is 3. The van der Waals surface area contributed by atoms with Crippen LogP contribution in [0.15, 0.2) is 40.1 Å². The second-order valence-corrected chi connectivity index (χ2v) is 6.59. The summed E-state index contributed by atoms with van der Waals surface area (Å²) in [4.78, 5) is 45.5. The van der Waals surface area contributed by atoms with Crippen molar-refractivity contribution in [2.45, 2.75) is 24.8 Å². The van der Waals surface area contributed by atoms with Crippen molar-refractivity contribution in [3.63, 3.8) is 0 Å². The van der Waals surface area contributed by atoms with Crippen molar-refractivity contribution in [3.05, 3.63) is 68.1 Å². The number of nitrogens with one attached hydrogen (secondary N) is 3. The Labute approximate surface area is 151 Å². The fraction of sp³-hybridized carbons (Fsp3) is 0.222. The van der Waals surface area contributed by atoms with E-state index in [4.69, 9.17) is 5.73 Å². The van der Waals surface area contributed by atoms with Gasteiger partial charge in [0.15, 0.2) is 0 Å². The summed E-state index contributed by atoms with van der Waals surface area (Å²) in [5.74, 6) is -1.00. The van der Waals surface area contributed by atoms with Gasteiger partial charge < -0.3 is 16.0 Å². The lowest BCUT2D eigenvalue weighted by atomic mass is 9.78. The zero-order valence-corrected chi connectivity index (χ0v) is 14.1. The summed E-state index contributed by atoms with van der Waals surface area (Å²) in [6.07, 6.45) is 2.39. The van der Waals surface area contributed by atoms with Crippen LogP contribution < -0.4 is 22.0 Å². The van der Waals surface area contributed by atoms with E-state index in [1.165, 1.54) is 30.5 Å². The molecule has 0 atom stereocenters. The Balaban J connectivity index is 1.48. The topological polar surface area (TPSA) is 134 Å². The predicted octanol–water partition coefficient (Wildman–Crippen LogP) is 1.01. The number of hydrogen-bond acceptors (Lipinski definition) is 5.